The first-order chi connectivity index (χ1) is 14.5. The van der Waals surface area contributed by atoms with Gasteiger partial charge in [0.25, 0.3) is 11.8 Å². The molecule has 2 amide bonds. The van der Waals surface area contributed by atoms with Crippen LogP contribution in [0.3, 0.4) is 0 Å². The van der Waals surface area contributed by atoms with Gasteiger partial charge in [-0.1, -0.05) is 0 Å². The molecule has 5 N–H and O–H groups in total. The number of benzene rings is 1. The van der Waals surface area contributed by atoms with E-state index in [0.29, 0.717) is 17.9 Å². The van der Waals surface area contributed by atoms with Crippen molar-refractivity contribution in [2.45, 2.75) is 31.7 Å². The fraction of sp³-hybridized carbons (Fsp3) is 0.429. The third-order valence-corrected chi connectivity index (χ3v) is 5.70. The lowest BCUT2D eigenvalue weighted by molar-refractivity contribution is 0.0932. The molecule has 2 fully saturated rings. The zero-order valence-corrected chi connectivity index (χ0v) is 16.9. The number of nitrogens with one attached hydrogen (secondary N) is 1. The second-order valence-corrected chi connectivity index (χ2v) is 7.83. The Hall–Kier alpha value is -3.36. The molecule has 2 aliphatic heterocycles. The molecule has 30 heavy (non-hydrogen) atoms. The maximum absolute atomic E-state index is 12.7. The minimum Gasteiger partial charge on any atom is -0.382 e. The maximum atomic E-state index is 12.7. The van der Waals surface area contributed by atoms with Crippen molar-refractivity contribution in [2.75, 3.05) is 41.7 Å². The van der Waals surface area contributed by atoms with Gasteiger partial charge in [0.15, 0.2) is 11.5 Å². The van der Waals surface area contributed by atoms with Crippen molar-refractivity contribution in [1.29, 1.82) is 0 Å². The van der Waals surface area contributed by atoms with E-state index in [-0.39, 0.29) is 23.5 Å². The van der Waals surface area contributed by atoms with Gasteiger partial charge in [-0.05, 0) is 49.9 Å². The van der Waals surface area contributed by atoms with Gasteiger partial charge < -0.3 is 26.6 Å². The maximum Gasteiger partial charge on any atom is 0.271 e. The highest BCUT2D eigenvalue weighted by Gasteiger charge is 2.24. The van der Waals surface area contributed by atoms with E-state index in [9.17, 15) is 9.59 Å². The highest BCUT2D eigenvalue weighted by molar-refractivity contribution is 5.95. The number of carbonyl (C=O) groups is 2. The highest BCUT2D eigenvalue weighted by atomic mass is 16.2. The summed E-state index contributed by atoms with van der Waals surface area (Å²) in [6.45, 7) is 3.54. The van der Waals surface area contributed by atoms with Gasteiger partial charge in [0.2, 0.25) is 0 Å². The summed E-state index contributed by atoms with van der Waals surface area (Å²) in [6, 6.07) is 7.80. The molecule has 2 saturated heterocycles. The van der Waals surface area contributed by atoms with Crippen LogP contribution in [0.4, 0.5) is 17.3 Å². The standard InChI is InChI=1S/C21H27N7O2/c22-19-18(20(23)29)24-12-17(26-19)28-11-3-4-15(13-28)25-21(30)14-5-7-16(8-6-14)27-9-1-2-10-27/h5-8,12,15H,1-4,9-11,13H2,(H2,22,26)(H2,23,29)(H,25,30)/t15-/m1/s1. The van der Waals surface area contributed by atoms with Crippen LogP contribution >= 0.6 is 0 Å². The van der Waals surface area contributed by atoms with Crippen LogP contribution in [0.2, 0.25) is 0 Å². The normalized spacial score (nSPS) is 19.0. The smallest absolute Gasteiger partial charge is 0.271 e. The summed E-state index contributed by atoms with van der Waals surface area (Å²) in [5.74, 6) is -0.189. The predicted octanol–water partition coefficient (Wildman–Crippen LogP) is 1.16. The topological polar surface area (TPSA) is 130 Å². The fourth-order valence-electron chi connectivity index (χ4n) is 4.11. The summed E-state index contributed by atoms with van der Waals surface area (Å²) in [7, 11) is 0. The van der Waals surface area contributed by atoms with Crippen LogP contribution < -0.4 is 26.6 Å². The fourth-order valence-corrected chi connectivity index (χ4v) is 4.11. The van der Waals surface area contributed by atoms with Crippen LogP contribution in [-0.2, 0) is 0 Å². The number of amides is 2. The van der Waals surface area contributed by atoms with Crippen LogP contribution in [0.1, 0.15) is 46.5 Å². The Kier molecular flexibility index (Phi) is 5.69. The molecule has 1 aromatic carbocycles. The van der Waals surface area contributed by atoms with E-state index < -0.39 is 5.91 Å². The third kappa shape index (κ3) is 4.29. The van der Waals surface area contributed by atoms with Crippen molar-refractivity contribution >= 4 is 29.1 Å². The van der Waals surface area contributed by atoms with Crippen molar-refractivity contribution in [1.82, 2.24) is 15.3 Å². The number of piperidine rings is 1. The number of hydrogen-bond donors (Lipinski definition) is 3. The summed E-state index contributed by atoms with van der Waals surface area (Å²) in [6.07, 6.45) is 5.73. The molecule has 2 aliphatic rings. The summed E-state index contributed by atoms with van der Waals surface area (Å²) in [5, 5.41) is 3.12. The number of carbonyl (C=O) groups excluding carboxylic acids is 2. The van der Waals surface area contributed by atoms with Crippen molar-refractivity contribution in [3.8, 4) is 0 Å². The number of nitrogens with zero attached hydrogens (tertiary/aromatic N) is 4. The van der Waals surface area contributed by atoms with E-state index in [1.54, 1.807) is 0 Å². The van der Waals surface area contributed by atoms with E-state index in [0.717, 1.165) is 32.5 Å². The predicted molar refractivity (Wildman–Crippen MR) is 116 cm³/mol. The van der Waals surface area contributed by atoms with Crippen LogP contribution in [0, 0.1) is 0 Å². The van der Waals surface area contributed by atoms with Gasteiger partial charge in [0.1, 0.15) is 5.82 Å². The summed E-state index contributed by atoms with van der Waals surface area (Å²) >= 11 is 0. The van der Waals surface area contributed by atoms with E-state index >= 15 is 0 Å². The highest BCUT2D eigenvalue weighted by Crippen LogP contribution is 2.22. The van der Waals surface area contributed by atoms with Gasteiger partial charge in [0.05, 0.1) is 6.20 Å². The van der Waals surface area contributed by atoms with Crippen LogP contribution in [0.15, 0.2) is 30.5 Å². The zero-order valence-electron chi connectivity index (χ0n) is 16.9. The Morgan fingerprint density at radius 1 is 1.03 bits per heavy atom. The van der Waals surface area contributed by atoms with E-state index in [2.05, 4.69) is 20.2 Å². The first-order valence-corrected chi connectivity index (χ1v) is 10.3. The van der Waals surface area contributed by atoms with Crippen molar-refractivity contribution in [3.05, 3.63) is 41.7 Å². The van der Waals surface area contributed by atoms with E-state index in [4.69, 9.17) is 11.5 Å². The molecule has 4 rings (SSSR count). The molecule has 0 spiro atoms. The van der Waals surface area contributed by atoms with Crippen LogP contribution in [0.5, 0.6) is 0 Å². The van der Waals surface area contributed by atoms with Crippen LogP contribution in [-0.4, -0.2) is 54.0 Å². The first-order valence-electron chi connectivity index (χ1n) is 10.3. The lowest BCUT2D eigenvalue weighted by atomic mass is 10.0. The Morgan fingerprint density at radius 2 is 1.73 bits per heavy atom. The minimum atomic E-state index is -0.703. The van der Waals surface area contributed by atoms with Crippen LogP contribution in [0.25, 0.3) is 0 Å². The second kappa shape index (κ2) is 8.56. The quantitative estimate of drug-likeness (QED) is 0.675. The minimum absolute atomic E-state index is 0.0108. The number of aromatic nitrogens is 2. The first kappa shape index (κ1) is 19.9. The van der Waals surface area contributed by atoms with Gasteiger partial charge in [-0.3, -0.25) is 9.59 Å². The number of anilines is 3. The summed E-state index contributed by atoms with van der Waals surface area (Å²) in [5.41, 5.74) is 12.8. The lowest BCUT2D eigenvalue weighted by Gasteiger charge is -2.34. The lowest BCUT2D eigenvalue weighted by Crippen LogP contribution is -2.48. The summed E-state index contributed by atoms with van der Waals surface area (Å²) < 4.78 is 0. The molecule has 0 aliphatic carbocycles. The second-order valence-electron chi connectivity index (χ2n) is 7.83. The van der Waals surface area contributed by atoms with Crippen molar-refractivity contribution in [2.24, 2.45) is 5.73 Å². The molecule has 9 heteroatoms. The van der Waals surface area contributed by atoms with Crippen molar-refractivity contribution < 1.29 is 9.59 Å². The monoisotopic (exact) mass is 409 g/mol. The molecule has 2 aromatic rings. The Morgan fingerprint density at radius 3 is 2.40 bits per heavy atom. The number of primary amides is 1. The largest absolute Gasteiger partial charge is 0.382 e. The van der Waals surface area contributed by atoms with Gasteiger partial charge in [0, 0.05) is 43.5 Å². The molecule has 0 radical (unpaired) electrons. The molecule has 0 bridgehead atoms. The number of nitrogens with two attached hydrogens (primary N) is 2. The Balaban J connectivity index is 1.38. The number of rotatable bonds is 5. The van der Waals surface area contributed by atoms with Gasteiger partial charge in [-0.2, -0.15) is 0 Å². The van der Waals surface area contributed by atoms with E-state index in [1.807, 2.05) is 29.2 Å². The Bertz CT molecular complexity index is 925. The Labute approximate surface area is 175 Å². The molecule has 3 heterocycles. The third-order valence-electron chi connectivity index (χ3n) is 5.70. The average molecular weight is 409 g/mol. The molecule has 0 saturated carbocycles. The van der Waals surface area contributed by atoms with Crippen molar-refractivity contribution in [3.63, 3.8) is 0 Å². The van der Waals surface area contributed by atoms with Gasteiger partial charge in [-0.15, -0.1) is 0 Å². The summed E-state index contributed by atoms with van der Waals surface area (Å²) in [4.78, 5) is 36.7. The molecule has 0 unspecified atom stereocenters. The molecular formula is C21H27N7O2. The molecule has 1 atom stereocenters. The zero-order chi connectivity index (χ0) is 21.1. The van der Waals surface area contributed by atoms with Gasteiger partial charge in [-0.25, -0.2) is 9.97 Å². The molecule has 158 valence electrons. The molecular weight excluding hydrogens is 382 g/mol. The number of nitrogen functional groups attached to an aromatic ring is 1. The number of hydrogen-bond acceptors (Lipinski definition) is 7. The van der Waals surface area contributed by atoms with Gasteiger partial charge >= 0.3 is 0 Å². The molecule has 1 aromatic heterocycles. The SMILES string of the molecule is NC(=O)c1ncc(N2CCC[C@@H](NC(=O)c3ccc(N4CCCC4)cc3)C2)nc1N. The average Bonchev–Trinajstić information content (AvgIpc) is 3.28. The molecule has 9 nitrogen and oxygen atoms in total. The van der Waals surface area contributed by atoms with E-state index in [1.165, 1.54) is 24.7 Å².